The Morgan fingerprint density at radius 2 is 0.833 bits per heavy atom. The molecule has 1 fully saturated rings. The molecule has 0 bridgehead atoms. The second-order valence-electron chi connectivity index (χ2n) is 30.0. The van der Waals surface area contributed by atoms with Gasteiger partial charge in [0.2, 0.25) is 11.8 Å². The Hall–Kier alpha value is -8.81. The molecule has 4 aliphatic heterocycles. The molecule has 4 aliphatic rings. The van der Waals surface area contributed by atoms with E-state index in [-0.39, 0.29) is 48.1 Å². The van der Waals surface area contributed by atoms with Crippen LogP contribution in [0.3, 0.4) is 0 Å². The highest BCUT2D eigenvalue weighted by Crippen LogP contribution is 2.46. The molecule has 11 aromatic rings. The van der Waals surface area contributed by atoms with Gasteiger partial charge < -0.3 is 52.0 Å². The van der Waals surface area contributed by atoms with Crippen LogP contribution in [0, 0.1) is 83.1 Å². The number of halogens is 7. The van der Waals surface area contributed by atoms with Crippen LogP contribution in [0.2, 0.25) is 30.1 Å². The number of aromatic nitrogens is 6. The molecule has 594 valence electrons. The second-order valence-corrected chi connectivity index (χ2v) is 33.2. The van der Waals surface area contributed by atoms with E-state index in [1.807, 2.05) is 189 Å². The Labute approximate surface area is 701 Å². The van der Waals surface area contributed by atoms with Gasteiger partial charge in [-0.1, -0.05) is 146 Å². The third-order valence-electron chi connectivity index (χ3n) is 21.3. The molecular formula is C86H87BBrCl6N9O11. The standard InChI is InChI=1S/C29H27Cl2N3O3.C24H21BrCl2N2O2.C22H21Cl2N3O3.C11H18BNO3/c1-16-12-17(2)32-28(36-15-20-8-6-5-7-9-20)23(16)14-34-11-10-21-24(30)13-22(27(31)26(21)29(34)35)25-18(3)33-37-19(25)4;1-14-10-15(2)28-23(31-13-16-6-4-3-5-7-16)18(14)12-29-9-8-17-20(26)11-19(25)22(27)21(17)24(29)30;1-10-7-11(2)25-21(28)16(10)9-27-6-5-14-17(23)8-15(20(24)19(14)22(27)29)18-12(3)26-30-13(18)4;1-7-9(8(2)14-13-7)12-15-10(3,4)11(5,6)16-12/h5-9,12-13H,10-11,14-15H2,1-4H3;3-7,10-11H,8-9,12-13H2,1-2H3;7-8H,5-6,9H2,1-4H3,(H,25,28);1-6H3. The molecule has 0 spiro atoms. The molecule has 6 aromatic heterocycles. The first-order valence-electron chi connectivity index (χ1n) is 37.2. The van der Waals surface area contributed by atoms with Crippen LogP contribution < -0.4 is 20.5 Å². The molecule has 10 heterocycles. The number of hydrogen-bond donors (Lipinski definition) is 1. The normalized spacial score (nSPS) is 14.7. The van der Waals surface area contributed by atoms with E-state index in [9.17, 15) is 19.2 Å². The number of fused-ring (bicyclic) bond motifs is 3. The molecule has 0 unspecified atom stereocenters. The topological polar surface area (TPSA) is 235 Å². The summed E-state index contributed by atoms with van der Waals surface area (Å²) in [5.41, 5.74) is 18.5. The van der Waals surface area contributed by atoms with Crippen molar-refractivity contribution in [3.05, 3.63) is 271 Å². The number of carbonyl (C=O) groups is 3. The Balaban J connectivity index is 0.000000145. The lowest BCUT2D eigenvalue weighted by Crippen LogP contribution is -2.41. The molecule has 0 saturated carbocycles. The van der Waals surface area contributed by atoms with Crippen LogP contribution in [0.25, 0.3) is 22.3 Å². The van der Waals surface area contributed by atoms with Crippen LogP contribution in [0.4, 0.5) is 0 Å². The van der Waals surface area contributed by atoms with Crippen molar-refractivity contribution in [1.29, 1.82) is 0 Å². The van der Waals surface area contributed by atoms with Gasteiger partial charge in [0.1, 0.15) is 30.5 Å². The minimum Gasteiger partial charge on any atom is -0.473 e. The zero-order valence-electron chi connectivity index (χ0n) is 66.3. The van der Waals surface area contributed by atoms with Gasteiger partial charge in [-0.2, -0.15) is 0 Å². The van der Waals surface area contributed by atoms with Gasteiger partial charge >= 0.3 is 7.12 Å². The predicted octanol–water partition coefficient (Wildman–Crippen LogP) is 20.0. The number of aromatic amines is 1. The summed E-state index contributed by atoms with van der Waals surface area (Å²) < 4.78 is 40.5. The smallest absolute Gasteiger partial charge is 0.473 e. The van der Waals surface area contributed by atoms with E-state index in [4.69, 9.17) is 102 Å². The molecular weight excluding hydrogens is 1640 g/mol. The zero-order valence-corrected chi connectivity index (χ0v) is 72.4. The van der Waals surface area contributed by atoms with Crippen molar-refractivity contribution < 1.29 is 46.7 Å². The average molecular weight is 1730 g/mol. The maximum atomic E-state index is 13.8. The largest absolute Gasteiger partial charge is 0.500 e. The molecule has 0 aliphatic carbocycles. The molecule has 15 rings (SSSR count). The summed E-state index contributed by atoms with van der Waals surface area (Å²) in [5.74, 6) is 2.53. The van der Waals surface area contributed by atoms with E-state index < -0.39 is 0 Å². The number of H-pyrrole nitrogens is 1. The van der Waals surface area contributed by atoms with Crippen molar-refractivity contribution in [3.63, 3.8) is 0 Å². The van der Waals surface area contributed by atoms with Crippen LogP contribution >= 0.6 is 85.5 Å². The summed E-state index contributed by atoms with van der Waals surface area (Å²) in [5, 5.41) is 14.6. The molecule has 0 radical (unpaired) electrons. The van der Waals surface area contributed by atoms with Crippen LogP contribution in [-0.4, -0.2) is 101 Å². The van der Waals surface area contributed by atoms with Gasteiger partial charge in [-0.3, -0.25) is 19.2 Å². The number of amides is 3. The number of rotatable bonds is 15. The van der Waals surface area contributed by atoms with E-state index in [2.05, 4.69) is 46.4 Å². The Morgan fingerprint density at radius 1 is 0.465 bits per heavy atom. The van der Waals surface area contributed by atoms with Crippen LogP contribution in [0.5, 0.6) is 11.8 Å². The average Bonchev–Trinajstić information content (AvgIpc) is 1.23. The monoisotopic (exact) mass is 1720 g/mol. The maximum Gasteiger partial charge on any atom is 0.500 e. The Morgan fingerprint density at radius 3 is 1.21 bits per heavy atom. The summed E-state index contributed by atoms with van der Waals surface area (Å²) in [6.45, 7) is 34.1. The SMILES string of the molecule is Cc1cc(C)c(CN2CCc3c(Cl)cc(-c4c(C)noc4C)c(Cl)c3C2=O)c(=O)[nH]1.Cc1cc(C)c(CN2CCc3c(Cl)cc(-c4c(C)noc4C)c(Cl)c3C2=O)c(OCc2ccccc2)n1.Cc1cc(C)c(CN2CCc3c(Cl)cc(Br)c(Cl)c3C2=O)c(OCc2ccccc2)n1.Cc1noc(C)c1B1OC(C)(C)C(C)(C)O1. The fourth-order valence-corrected chi connectivity index (χ4v) is 17.0. The van der Waals surface area contributed by atoms with Crippen molar-refractivity contribution in [2.75, 3.05) is 19.6 Å². The van der Waals surface area contributed by atoms with Crippen LogP contribution in [0.15, 0.2) is 120 Å². The number of nitrogens with zero attached hydrogens (tertiary/aromatic N) is 8. The van der Waals surface area contributed by atoms with Crippen molar-refractivity contribution in [2.45, 2.75) is 174 Å². The summed E-state index contributed by atoms with van der Waals surface area (Å²) >= 11 is 43.1. The number of hydrogen-bond acceptors (Lipinski definition) is 16. The van der Waals surface area contributed by atoms with Gasteiger partial charge in [-0.25, -0.2) is 9.97 Å². The third kappa shape index (κ3) is 17.8. The molecule has 3 amide bonds. The van der Waals surface area contributed by atoms with Gasteiger partial charge in [0, 0.05) is 101 Å². The summed E-state index contributed by atoms with van der Waals surface area (Å²) in [7, 11) is -0.378. The quantitative estimate of drug-likeness (QED) is 0.0742. The van der Waals surface area contributed by atoms with Gasteiger partial charge in [0.15, 0.2) is 0 Å². The van der Waals surface area contributed by atoms with E-state index in [0.29, 0.717) is 168 Å². The van der Waals surface area contributed by atoms with Gasteiger partial charge in [0.25, 0.3) is 23.3 Å². The fraction of sp³-hybridized carbons (Fsp3) is 0.337. The molecule has 20 nitrogen and oxygen atoms in total. The second kappa shape index (κ2) is 34.9. The fourth-order valence-electron chi connectivity index (χ4n) is 14.6. The number of aryl methyl sites for hydroxylation is 12. The van der Waals surface area contributed by atoms with E-state index in [1.165, 1.54) is 0 Å². The molecule has 114 heavy (non-hydrogen) atoms. The molecule has 0 atom stereocenters. The van der Waals surface area contributed by atoms with E-state index in [1.54, 1.807) is 33.8 Å². The van der Waals surface area contributed by atoms with Crippen molar-refractivity contribution in [1.82, 2.24) is 45.1 Å². The van der Waals surface area contributed by atoms with E-state index >= 15 is 0 Å². The Bertz CT molecular complexity index is 5540. The summed E-state index contributed by atoms with van der Waals surface area (Å²) in [6.07, 6.45) is 1.80. The van der Waals surface area contributed by atoms with Crippen LogP contribution in [-0.2, 0) is 61.4 Å². The Kier molecular flexibility index (Phi) is 25.9. The van der Waals surface area contributed by atoms with Crippen molar-refractivity contribution in [3.8, 4) is 34.0 Å². The summed E-state index contributed by atoms with van der Waals surface area (Å²) in [6, 6.07) is 31.1. The number of benzene rings is 5. The highest BCUT2D eigenvalue weighted by molar-refractivity contribution is 9.10. The van der Waals surface area contributed by atoms with Crippen molar-refractivity contribution >= 4 is 116 Å². The minimum atomic E-state index is -0.378. The minimum absolute atomic E-state index is 0.136. The van der Waals surface area contributed by atoms with Gasteiger partial charge in [-0.15, -0.1) is 0 Å². The first-order valence-corrected chi connectivity index (χ1v) is 40.3. The van der Waals surface area contributed by atoms with Gasteiger partial charge in [-0.05, 0) is 227 Å². The number of nitrogens with one attached hydrogen (secondary N) is 1. The molecule has 28 heteroatoms. The highest BCUT2D eigenvalue weighted by Gasteiger charge is 2.53. The molecule has 1 N–H and O–H groups in total. The zero-order chi connectivity index (χ0) is 82.3. The number of pyridine rings is 3. The van der Waals surface area contributed by atoms with E-state index in [0.717, 1.165) is 101 Å². The molecule has 1 saturated heterocycles. The van der Waals surface area contributed by atoms with Crippen LogP contribution in [0.1, 0.15) is 171 Å². The maximum absolute atomic E-state index is 13.8. The highest BCUT2D eigenvalue weighted by atomic mass is 79.9. The summed E-state index contributed by atoms with van der Waals surface area (Å²) in [4.78, 5) is 70.3. The first kappa shape index (κ1) is 84.6. The number of ether oxygens (including phenoxy) is 2. The first-order chi connectivity index (χ1) is 54.0. The molecule has 5 aromatic carbocycles. The lowest BCUT2D eigenvalue weighted by Gasteiger charge is -2.32. The lowest BCUT2D eigenvalue weighted by atomic mass is 9.77. The van der Waals surface area contributed by atoms with Crippen molar-refractivity contribution in [2.24, 2.45) is 0 Å². The van der Waals surface area contributed by atoms with Gasteiger partial charge in [0.05, 0.1) is 79.7 Å². The number of carbonyl (C=O) groups excluding carboxylic acids is 3. The third-order valence-corrected chi connectivity index (χ3v) is 24.4. The predicted molar refractivity (Wildman–Crippen MR) is 450 cm³/mol. The lowest BCUT2D eigenvalue weighted by molar-refractivity contribution is 0.00578.